The molecular formula is C23H40IN5O2. The van der Waals surface area contributed by atoms with E-state index in [1.165, 1.54) is 0 Å². The van der Waals surface area contributed by atoms with Crippen molar-refractivity contribution in [2.24, 2.45) is 10.9 Å². The highest BCUT2D eigenvalue weighted by Crippen LogP contribution is 2.20. The lowest BCUT2D eigenvalue weighted by molar-refractivity contribution is 0.00395. The second kappa shape index (κ2) is 16.3. The zero-order valence-corrected chi connectivity index (χ0v) is 21.6. The number of aliphatic imine (C=N–C) groups is 1. The zero-order chi connectivity index (χ0) is 21.6. The number of benzene rings is 1. The predicted molar refractivity (Wildman–Crippen MR) is 138 cm³/mol. The molecule has 0 saturated carbocycles. The minimum atomic E-state index is -0.0551. The average Bonchev–Trinajstić information content (AvgIpc) is 2.80. The van der Waals surface area contributed by atoms with Gasteiger partial charge in [0.15, 0.2) is 5.96 Å². The molecule has 1 unspecified atom stereocenters. The number of ether oxygens (including phenoxy) is 1. The topological polar surface area (TPSA) is 78.0 Å². The van der Waals surface area contributed by atoms with Gasteiger partial charge in [0, 0.05) is 44.3 Å². The molecule has 1 aliphatic heterocycles. The summed E-state index contributed by atoms with van der Waals surface area (Å²) in [6.07, 6.45) is 2.31. The van der Waals surface area contributed by atoms with Gasteiger partial charge in [-0.2, -0.15) is 0 Å². The van der Waals surface area contributed by atoms with Crippen molar-refractivity contribution in [3.05, 3.63) is 35.9 Å². The first-order valence-corrected chi connectivity index (χ1v) is 11.4. The van der Waals surface area contributed by atoms with Crippen molar-refractivity contribution in [2.75, 3.05) is 52.5 Å². The minimum Gasteiger partial charge on any atom is -0.379 e. The Morgan fingerprint density at radius 1 is 1.03 bits per heavy atom. The number of hydrogen-bond donors (Lipinski definition) is 3. The van der Waals surface area contributed by atoms with Crippen LogP contribution in [0.4, 0.5) is 0 Å². The molecule has 31 heavy (non-hydrogen) atoms. The molecule has 1 saturated heterocycles. The van der Waals surface area contributed by atoms with Gasteiger partial charge in [0.25, 0.3) is 5.91 Å². The number of rotatable bonds is 11. The van der Waals surface area contributed by atoms with Crippen molar-refractivity contribution in [2.45, 2.75) is 39.7 Å². The third-order valence-electron chi connectivity index (χ3n) is 5.63. The summed E-state index contributed by atoms with van der Waals surface area (Å²) in [6.45, 7) is 12.9. The maximum absolute atomic E-state index is 12.1. The molecule has 1 atom stereocenters. The number of nitrogens with one attached hydrogen (secondary N) is 3. The molecular weight excluding hydrogens is 505 g/mol. The number of carbonyl (C=O) groups excluding carboxylic acids is 1. The van der Waals surface area contributed by atoms with Gasteiger partial charge >= 0.3 is 0 Å². The minimum absolute atomic E-state index is 0. The number of hydrogen-bond acceptors (Lipinski definition) is 4. The van der Waals surface area contributed by atoms with Gasteiger partial charge in [-0.15, -0.1) is 24.0 Å². The lowest BCUT2D eigenvalue weighted by Gasteiger charge is -2.38. The Balaban J connectivity index is 0.00000480. The maximum atomic E-state index is 12.1. The summed E-state index contributed by atoms with van der Waals surface area (Å²) in [5.74, 6) is 1.37. The van der Waals surface area contributed by atoms with E-state index >= 15 is 0 Å². The Kier molecular flexibility index (Phi) is 14.5. The first kappa shape index (κ1) is 27.6. The molecule has 176 valence electrons. The Labute approximate surface area is 204 Å². The normalized spacial score (nSPS) is 15.8. The number of carbonyl (C=O) groups is 1. The van der Waals surface area contributed by atoms with Crippen LogP contribution in [0.5, 0.6) is 0 Å². The standard InChI is InChI=1S/C23H39N5O2.HI/c1-4-19(5-2)21(28-14-16-30-17-15-28)18-27-23(24-6-3)26-13-12-25-22(29)20-10-8-7-9-11-20;/h7-11,19,21H,4-6,12-18H2,1-3H3,(H,25,29)(H2,24,26,27);1H. The third-order valence-corrected chi connectivity index (χ3v) is 5.63. The fraction of sp³-hybridized carbons (Fsp3) is 0.652. The van der Waals surface area contributed by atoms with Gasteiger partial charge in [0.2, 0.25) is 0 Å². The summed E-state index contributed by atoms with van der Waals surface area (Å²) >= 11 is 0. The van der Waals surface area contributed by atoms with Crippen LogP contribution in [0.3, 0.4) is 0 Å². The van der Waals surface area contributed by atoms with E-state index in [9.17, 15) is 4.79 Å². The molecule has 0 aromatic heterocycles. The van der Waals surface area contributed by atoms with Crippen LogP contribution in [0.1, 0.15) is 44.0 Å². The van der Waals surface area contributed by atoms with Gasteiger partial charge in [0.05, 0.1) is 19.8 Å². The fourth-order valence-corrected chi connectivity index (χ4v) is 3.88. The molecule has 8 heteroatoms. The van der Waals surface area contributed by atoms with E-state index in [1.807, 2.05) is 30.3 Å². The van der Waals surface area contributed by atoms with Crippen molar-refractivity contribution in [1.29, 1.82) is 0 Å². The maximum Gasteiger partial charge on any atom is 0.251 e. The van der Waals surface area contributed by atoms with Gasteiger partial charge in [-0.25, -0.2) is 0 Å². The third kappa shape index (κ3) is 9.74. The molecule has 1 aliphatic rings. The van der Waals surface area contributed by atoms with Crippen molar-refractivity contribution in [3.63, 3.8) is 0 Å². The fourth-order valence-electron chi connectivity index (χ4n) is 3.88. The number of halogens is 1. The van der Waals surface area contributed by atoms with Gasteiger partial charge in [-0.05, 0) is 25.0 Å². The number of nitrogens with zero attached hydrogens (tertiary/aromatic N) is 2. The van der Waals surface area contributed by atoms with Crippen LogP contribution in [0.2, 0.25) is 0 Å². The van der Waals surface area contributed by atoms with Crippen LogP contribution < -0.4 is 16.0 Å². The zero-order valence-electron chi connectivity index (χ0n) is 19.2. The lowest BCUT2D eigenvalue weighted by atomic mass is 9.92. The van der Waals surface area contributed by atoms with Crippen molar-refractivity contribution >= 4 is 35.8 Å². The molecule has 0 aliphatic carbocycles. The van der Waals surface area contributed by atoms with Crippen LogP contribution in [0.25, 0.3) is 0 Å². The van der Waals surface area contributed by atoms with Crippen LogP contribution in [-0.2, 0) is 4.74 Å². The van der Waals surface area contributed by atoms with Gasteiger partial charge in [-0.1, -0.05) is 44.9 Å². The molecule has 1 aromatic carbocycles. The molecule has 2 rings (SSSR count). The highest BCUT2D eigenvalue weighted by molar-refractivity contribution is 14.0. The molecule has 1 aromatic rings. The summed E-state index contributed by atoms with van der Waals surface area (Å²) in [4.78, 5) is 19.6. The SMILES string of the molecule is CCNC(=NCC(C(CC)CC)N1CCOCC1)NCCNC(=O)c1ccccc1.I. The van der Waals surface area contributed by atoms with Gasteiger partial charge in [0.1, 0.15) is 0 Å². The molecule has 0 bridgehead atoms. The van der Waals surface area contributed by atoms with Crippen LogP contribution >= 0.6 is 24.0 Å². The largest absolute Gasteiger partial charge is 0.379 e. The summed E-state index contributed by atoms with van der Waals surface area (Å²) in [5.41, 5.74) is 0.677. The average molecular weight is 546 g/mol. The van der Waals surface area contributed by atoms with E-state index in [0.717, 1.165) is 58.2 Å². The predicted octanol–water partition coefficient (Wildman–Crippen LogP) is 2.73. The van der Waals surface area contributed by atoms with E-state index in [-0.39, 0.29) is 29.9 Å². The monoisotopic (exact) mass is 545 g/mol. The van der Waals surface area contributed by atoms with Gasteiger partial charge in [-0.3, -0.25) is 14.7 Å². The van der Waals surface area contributed by atoms with E-state index in [0.29, 0.717) is 30.6 Å². The van der Waals surface area contributed by atoms with Crippen LogP contribution in [0, 0.1) is 5.92 Å². The summed E-state index contributed by atoms with van der Waals surface area (Å²) < 4.78 is 5.54. The lowest BCUT2D eigenvalue weighted by Crippen LogP contribution is -2.49. The van der Waals surface area contributed by atoms with E-state index in [2.05, 4.69) is 41.6 Å². The van der Waals surface area contributed by atoms with Crippen LogP contribution in [0.15, 0.2) is 35.3 Å². The van der Waals surface area contributed by atoms with Crippen molar-refractivity contribution < 1.29 is 9.53 Å². The molecule has 0 spiro atoms. The molecule has 1 amide bonds. The van der Waals surface area contributed by atoms with Crippen LogP contribution in [-0.4, -0.2) is 75.3 Å². The molecule has 1 fully saturated rings. The van der Waals surface area contributed by atoms with Crippen molar-refractivity contribution in [1.82, 2.24) is 20.9 Å². The second-order valence-corrected chi connectivity index (χ2v) is 7.56. The quantitative estimate of drug-likeness (QED) is 0.173. The number of amides is 1. The second-order valence-electron chi connectivity index (χ2n) is 7.56. The summed E-state index contributed by atoms with van der Waals surface area (Å²) in [5, 5.41) is 9.60. The molecule has 3 N–H and O–H groups in total. The molecule has 7 nitrogen and oxygen atoms in total. The number of guanidine groups is 1. The highest BCUT2D eigenvalue weighted by atomic mass is 127. The van der Waals surface area contributed by atoms with E-state index < -0.39 is 0 Å². The van der Waals surface area contributed by atoms with Gasteiger partial charge < -0.3 is 20.7 Å². The smallest absolute Gasteiger partial charge is 0.251 e. The number of morpholine rings is 1. The first-order chi connectivity index (χ1) is 14.7. The Morgan fingerprint density at radius 2 is 1.68 bits per heavy atom. The Hall–Kier alpha value is -1.39. The summed E-state index contributed by atoms with van der Waals surface area (Å²) in [6, 6.07) is 9.71. The first-order valence-electron chi connectivity index (χ1n) is 11.4. The summed E-state index contributed by atoms with van der Waals surface area (Å²) in [7, 11) is 0. The Bertz CT molecular complexity index is 634. The molecule has 0 radical (unpaired) electrons. The highest BCUT2D eigenvalue weighted by Gasteiger charge is 2.26. The Morgan fingerprint density at radius 3 is 2.29 bits per heavy atom. The molecule has 1 heterocycles. The van der Waals surface area contributed by atoms with E-state index in [1.54, 1.807) is 0 Å². The van der Waals surface area contributed by atoms with E-state index in [4.69, 9.17) is 9.73 Å². The van der Waals surface area contributed by atoms with Crippen molar-refractivity contribution in [3.8, 4) is 0 Å².